The fraction of sp³-hybridized carbons (Fsp3) is 0.333. The Balaban J connectivity index is 1.67. The molecule has 4 rings (SSSR count). The molecule has 0 spiro atoms. The molecular formula is C27H27F3. The van der Waals surface area contributed by atoms with E-state index in [-0.39, 0.29) is 10.9 Å². The number of aryl methyl sites for hydroxylation is 1. The molecule has 3 aromatic carbocycles. The molecule has 30 heavy (non-hydrogen) atoms. The summed E-state index contributed by atoms with van der Waals surface area (Å²) in [4.78, 5) is 0. The number of fused-ring (bicyclic) bond motifs is 1. The van der Waals surface area contributed by atoms with Crippen molar-refractivity contribution in [3.63, 3.8) is 0 Å². The Morgan fingerprint density at radius 2 is 1.60 bits per heavy atom. The molecule has 0 aromatic heterocycles. The maximum absolute atomic E-state index is 14.9. The third-order valence-electron chi connectivity index (χ3n) is 6.52. The fourth-order valence-corrected chi connectivity index (χ4v) is 4.72. The monoisotopic (exact) mass is 408 g/mol. The second-order valence-corrected chi connectivity index (χ2v) is 8.41. The number of benzene rings is 3. The van der Waals surface area contributed by atoms with Gasteiger partial charge in [-0.05, 0) is 72.1 Å². The van der Waals surface area contributed by atoms with E-state index in [2.05, 4.69) is 6.58 Å². The highest BCUT2D eigenvalue weighted by Gasteiger charge is 2.22. The fourth-order valence-electron chi connectivity index (χ4n) is 4.72. The van der Waals surface area contributed by atoms with Crippen molar-refractivity contribution in [3.8, 4) is 11.1 Å². The van der Waals surface area contributed by atoms with Crippen molar-refractivity contribution in [1.29, 1.82) is 0 Å². The zero-order chi connectivity index (χ0) is 21.3. The Labute approximate surface area is 176 Å². The lowest BCUT2D eigenvalue weighted by atomic mass is 9.78. The highest BCUT2D eigenvalue weighted by Crippen LogP contribution is 2.38. The Hall–Kier alpha value is -2.55. The van der Waals surface area contributed by atoms with Crippen molar-refractivity contribution in [3.05, 3.63) is 83.7 Å². The lowest BCUT2D eigenvalue weighted by Crippen LogP contribution is -2.11. The van der Waals surface area contributed by atoms with E-state index in [0.29, 0.717) is 34.8 Å². The Morgan fingerprint density at radius 3 is 2.23 bits per heavy atom. The van der Waals surface area contributed by atoms with Gasteiger partial charge in [0.1, 0.15) is 5.82 Å². The van der Waals surface area contributed by atoms with Gasteiger partial charge in [-0.1, -0.05) is 55.8 Å². The first-order valence-electron chi connectivity index (χ1n) is 10.9. The van der Waals surface area contributed by atoms with E-state index in [1.807, 2.05) is 37.3 Å². The van der Waals surface area contributed by atoms with Gasteiger partial charge in [-0.25, -0.2) is 13.2 Å². The van der Waals surface area contributed by atoms with Gasteiger partial charge < -0.3 is 0 Å². The van der Waals surface area contributed by atoms with Crippen molar-refractivity contribution in [2.75, 3.05) is 0 Å². The van der Waals surface area contributed by atoms with Gasteiger partial charge >= 0.3 is 0 Å². The maximum Gasteiger partial charge on any atom is 0.170 e. The molecule has 0 N–H and O–H groups in total. The SMILES string of the molecule is C=CC1CCC(c2ccc(-c3cc4ccc(CCC)c(F)c4c(F)c3F)cc2)CC1. The quantitative estimate of drug-likeness (QED) is 0.372. The molecule has 3 aromatic rings. The number of hydrogen-bond donors (Lipinski definition) is 0. The van der Waals surface area contributed by atoms with Gasteiger partial charge in [0, 0.05) is 5.56 Å². The van der Waals surface area contributed by atoms with E-state index in [1.165, 1.54) is 5.56 Å². The molecule has 1 aliphatic rings. The van der Waals surface area contributed by atoms with E-state index in [1.54, 1.807) is 18.2 Å². The molecular weight excluding hydrogens is 381 g/mol. The smallest absolute Gasteiger partial charge is 0.170 e. The van der Waals surface area contributed by atoms with Crippen LogP contribution in [0.2, 0.25) is 0 Å². The predicted molar refractivity (Wildman–Crippen MR) is 118 cm³/mol. The molecule has 0 bridgehead atoms. The standard InChI is InChI=1S/C27H27F3/c1-3-5-21-14-15-22-16-23(26(29)27(30)24(22)25(21)28)20-12-10-19(11-13-20)18-8-6-17(4-2)7-9-18/h4,10-18H,2-3,5-9H2,1H3. The van der Waals surface area contributed by atoms with Gasteiger partial charge in [0.2, 0.25) is 0 Å². The molecule has 156 valence electrons. The largest absolute Gasteiger partial charge is 0.206 e. The summed E-state index contributed by atoms with van der Waals surface area (Å²) in [5.74, 6) is -1.64. The van der Waals surface area contributed by atoms with E-state index >= 15 is 0 Å². The molecule has 0 amide bonds. The maximum atomic E-state index is 14.9. The van der Waals surface area contributed by atoms with Crippen molar-refractivity contribution < 1.29 is 13.2 Å². The Morgan fingerprint density at radius 1 is 0.900 bits per heavy atom. The van der Waals surface area contributed by atoms with E-state index < -0.39 is 17.5 Å². The van der Waals surface area contributed by atoms with Crippen LogP contribution in [0.15, 0.2) is 55.1 Å². The van der Waals surface area contributed by atoms with Crippen LogP contribution in [-0.2, 0) is 6.42 Å². The van der Waals surface area contributed by atoms with Gasteiger partial charge in [0.05, 0.1) is 5.39 Å². The molecule has 0 heterocycles. The topological polar surface area (TPSA) is 0 Å². The average Bonchev–Trinajstić information content (AvgIpc) is 2.78. The van der Waals surface area contributed by atoms with Crippen LogP contribution in [0, 0.1) is 23.4 Å². The number of hydrogen-bond acceptors (Lipinski definition) is 0. The van der Waals surface area contributed by atoms with Crippen molar-refractivity contribution >= 4 is 10.8 Å². The second-order valence-electron chi connectivity index (χ2n) is 8.41. The third kappa shape index (κ3) is 3.78. The Kier molecular flexibility index (Phi) is 5.99. The minimum atomic E-state index is -1.11. The van der Waals surface area contributed by atoms with E-state index in [9.17, 15) is 13.2 Å². The lowest BCUT2D eigenvalue weighted by molar-refractivity contribution is 0.376. The number of allylic oxidation sites excluding steroid dienone is 1. The van der Waals surface area contributed by atoms with Crippen LogP contribution in [0.3, 0.4) is 0 Å². The molecule has 3 heteroatoms. The molecule has 1 saturated carbocycles. The highest BCUT2D eigenvalue weighted by atomic mass is 19.2. The van der Waals surface area contributed by atoms with E-state index in [4.69, 9.17) is 0 Å². The van der Waals surface area contributed by atoms with Crippen LogP contribution in [0.5, 0.6) is 0 Å². The van der Waals surface area contributed by atoms with E-state index in [0.717, 1.165) is 32.1 Å². The lowest BCUT2D eigenvalue weighted by Gasteiger charge is -2.27. The van der Waals surface area contributed by atoms with Gasteiger partial charge in [-0.15, -0.1) is 6.58 Å². The number of rotatable bonds is 5. The molecule has 1 fully saturated rings. The van der Waals surface area contributed by atoms with Gasteiger partial charge in [0.25, 0.3) is 0 Å². The first-order chi connectivity index (χ1) is 14.5. The summed E-state index contributed by atoms with van der Waals surface area (Å²) in [6, 6.07) is 12.6. The molecule has 0 radical (unpaired) electrons. The average molecular weight is 409 g/mol. The summed E-state index contributed by atoms with van der Waals surface area (Å²) in [5.41, 5.74) is 2.43. The number of halogens is 3. The minimum Gasteiger partial charge on any atom is -0.206 e. The summed E-state index contributed by atoms with van der Waals surface area (Å²) in [6.07, 6.45) is 7.82. The predicted octanol–water partition coefficient (Wildman–Crippen LogP) is 8.34. The van der Waals surface area contributed by atoms with Crippen molar-refractivity contribution in [1.82, 2.24) is 0 Å². The molecule has 0 nitrogen and oxygen atoms in total. The molecule has 0 unspecified atom stereocenters. The third-order valence-corrected chi connectivity index (χ3v) is 6.52. The highest BCUT2D eigenvalue weighted by molar-refractivity contribution is 5.89. The van der Waals surface area contributed by atoms with Crippen LogP contribution in [0.1, 0.15) is 56.1 Å². The molecule has 1 aliphatic carbocycles. The van der Waals surface area contributed by atoms with Crippen LogP contribution in [0.4, 0.5) is 13.2 Å². The van der Waals surface area contributed by atoms with Crippen LogP contribution >= 0.6 is 0 Å². The van der Waals surface area contributed by atoms with Gasteiger partial charge in [-0.3, -0.25) is 0 Å². The van der Waals surface area contributed by atoms with Crippen LogP contribution in [0.25, 0.3) is 21.9 Å². The summed E-state index contributed by atoms with van der Waals surface area (Å²) < 4.78 is 44.5. The molecule has 0 aliphatic heterocycles. The first-order valence-corrected chi connectivity index (χ1v) is 10.9. The minimum absolute atomic E-state index is 0.171. The summed E-state index contributed by atoms with van der Waals surface area (Å²) in [5, 5.41) is 0.130. The van der Waals surface area contributed by atoms with Gasteiger partial charge in [0.15, 0.2) is 11.6 Å². The zero-order valence-electron chi connectivity index (χ0n) is 17.4. The van der Waals surface area contributed by atoms with Crippen molar-refractivity contribution in [2.24, 2.45) is 5.92 Å². The molecule has 0 atom stereocenters. The normalized spacial score (nSPS) is 19.2. The summed E-state index contributed by atoms with van der Waals surface area (Å²) >= 11 is 0. The van der Waals surface area contributed by atoms with Crippen LogP contribution < -0.4 is 0 Å². The molecule has 0 saturated heterocycles. The van der Waals surface area contributed by atoms with Crippen molar-refractivity contribution in [2.45, 2.75) is 51.4 Å². The second kappa shape index (κ2) is 8.67. The first kappa shape index (κ1) is 20.7. The summed E-state index contributed by atoms with van der Waals surface area (Å²) in [7, 11) is 0. The van der Waals surface area contributed by atoms with Gasteiger partial charge in [-0.2, -0.15) is 0 Å². The Bertz CT molecular complexity index is 1060. The zero-order valence-corrected chi connectivity index (χ0v) is 17.4. The van der Waals surface area contributed by atoms with Crippen LogP contribution in [-0.4, -0.2) is 0 Å². The summed E-state index contributed by atoms with van der Waals surface area (Å²) in [6.45, 7) is 5.82.